The summed E-state index contributed by atoms with van der Waals surface area (Å²) in [5.74, 6) is -0.188. The molecular weight excluding hydrogens is 288 g/mol. The van der Waals surface area contributed by atoms with Crippen LogP contribution in [0.15, 0.2) is 24.3 Å². The van der Waals surface area contributed by atoms with Gasteiger partial charge < -0.3 is 20.9 Å². The maximum absolute atomic E-state index is 12.1. The summed E-state index contributed by atoms with van der Waals surface area (Å²) < 4.78 is 5.95. The third kappa shape index (κ3) is 4.17. The molecule has 6 heteroatoms. The summed E-state index contributed by atoms with van der Waals surface area (Å²) in [4.78, 5) is 12.8. The lowest BCUT2D eigenvalue weighted by molar-refractivity contribution is 0.0244. The van der Waals surface area contributed by atoms with Gasteiger partial charge in [-0.25, -0.2) is 0 Å². The number of thiophene rings is 1. The topological polar surface area (TPSA) is 84.6 Å². The number of hydrogen-bond acceptors (Lipinski definition) is 5. The van der Waals surface area contributed by atoms with Crippen LogP contribution >= 0.6 is 11.3 Å². The summed E-state index contributed by atoms with van der Waals surface area (Å²) in [5.41, 5.74) is 5.43. The molecule has 21 heavy (non-hydrogen) atoms. The quantitative estimate of drug-likeness (QED) is 0.713. The Bertz CT molecular complexity index is 637. The fourth-order valence-electron chi connectivity index (χ4n) is 1.94. The highest BCUT2D eigenvalue weighted by molar-refractivity contribution is 7.20. The van der Waals surface area contributed by atoms with Crippen LogP contribution in [0.1, 0.15) is 23.0 Å². The molecule has 114 valence electrons. The first-order chi connectivity index (χ1) is 9.91. The van der Waals surface area contributed by atoms with Crippen molar-refractivity contribution in [2.24, 2.45) is 0 Å². The molecule has 0 bridgehead atoms. The zero-order chi connectivity index (χ0) is 15.5. The van der Waals surface area contributed by atoms with Crippen molar-refractivity contribution in [3.8, 4) is 0 Å². The van der Waals surface area contributed by atoms with Crippen LogP contribution in [-0.4, -0.2) is 36.9 Å². The first-order valence-corrected chi connectivity index (χ1v) is 7.51. The van der Waals surface area contributed by atoms with Crippen molar-refractivity contribution in [3.05, 3.63) is 29.1 Å². The van der Waals surface area contributed by atoms with Crippen molar-refractivity contribution in [3.63, 3.8) is 0 Å². The second-order valence-corrected chi connectivity index (χ2v) is 6.41. The zero-order valence-corrected chi connectivity index (χ0v) is 13.0. The van der Waals surface area contributed by atoms with Crippen LogP contribution in [0.3, 0.4) is 0 Å². The molecule has 2 aromatic rings. The number of methoxy groups -OCH3 is 1. The molecule has 1 heterocycles. The molecular formula is C15H20N2O3S. The van der Waals surface area contributed by atoms with Gasteiger partial charge in [0, 0.05) is 37.1 Å². The molecule has 0 fully saturated rings. The Hall–Kier alpha value is -1.63. The van der Waals surface area contributed by atoms with E-state index in [-0.39, 0.29) is 12.5 Å². The summed E-state index contributed by atoms with van der Waals surface area (Å²) in [6.45, 7) is 2.31. The molecule has 0 saturated heterocycles. The number of nitrogen functional groups attached to an aromatic ring is 1. The number of rotatable bonds is 6. The summed E-state index contributed by atoms with van der Waals surface area (Å²) in [6, 6.07) is 7.38. The monoisotopic (exact) mass is 308 g/mol. The minimum atomic E-state index is -0.979. The van der Waals surface area contributed by atoms with E-state index in [4.69, 9.17) is 10.5 Å². The van der Waals surface area contributed by atoms with E-state index in [1.807, 2.05) is 24.3 Å². The molecule has 0 aliphatic rings. The molecule has 0 spiro atoms. The smallest absolute Gasteiger partial charge is 0.261 e. The first kappa shape index (κ1) is 15.8. The molecule has 2 rings (SSSR count). The second kappa shape index (κ2) is 6.43. The van der Waals surface area contributed by atoms with Crippen molar-refractivity contribution >= 4 is 33.0 Å². The van der Waals surface area contributed by atoms with Crippen LogP contribution in [0.2, 0.25) is 0 Å². The predicted molar refractivity (Wildman–Crippen MR) is 85.7 cm³/mol. The van der Waals surface area contributed by atoms with Gasteiger partial charge >= 0.3 is 0 Å². The number of nitrogens with one attached hydrogen (secondary N) is 1. The van der Waals surface area contributed by atoms with Crippen molar-refractivity contribution in [2.45, 2.75) is 18.9 Å². The molecule has 1 atom stereocenters. The van der Waals surface area contributed by atoms with Gasteiger partial charge in [0.15, 0.2) is 0 Å². The van der Waals surface area contributed by atoms with Crippen LogP contribution in [0, 0.1) is 0 Å². The van der Waals surface area contributed by atoms with Gasteiger partial charge in [-0.1, -0.05) is 0 Å². The highest BCUT2D eigenvalue weighted by Gasteiger charge is 2.21. The molecule has 0 radical (unpaired) electrons. The third-order valence-corrected chi connectivity index (χ3v) is 4.35. The van der Waals surface area contributed by atoms with Gasteiger partial charge in [-0.3, -0.25) is 4.79 Å². The Balaban J connectivity index is 2.02. The summed E-state index contributed by atoms with van der Waals surface area (Å²) in [5, 5.41) is 13.8. The van der Waals surface area contributed by atoms with Crippen LogP contribution in [0.25, 0.3) is 10.1 Å². The number of amides is 1. The van der Waals surface area contributed by atoms with E-state index >= 15 is 0 Å². The lowest BCUT2D eigenvalue weighted by atomic mass is 10.0. The van der Waals surface area contributed by atoms with Crippen LogP contribution in [0.5, 0.6) is 0 Å². The molecule has 1 unspecified atom stereocenters. The average Bonchev–Trinajstić information content (AvgIpc) is 2.85. The molecule has 1 amide bonds. The number of ether oxygens (including phenoxy) is 1. The fourth-order valence-corrected chi connectivity index (χ4v) is 2.90. The van der Waals surface area contributed by atoms with E-state index in [0.717, 1.165) is 10.1 Å². The molecule has 5 nitrogen and oxygen atoms in total. The highest BCUT2D eigenvalue weighted by Crippen LogP contribution is 2.27. The van der Waals surface area contributed by atoms with Gasteiger partial charge in [-0.15, -0.1) is 11.3 Å². The minimum Gasteiger partial charge on any atom is -0.399 e. The molecule has 0 saturated carbocycles. The van der Waals surface area contributed by atoms with E-state index in [9.17, 15) is 9.90 Å². The van der Waals surface area contributed by atoms with Crippen molar-refractivity contribution < 1.29 is 14.6 Å². The zero-order valence-electron chi connectivity index (χ0n) is 12.2. The summed E-state index contributed by atoms with van der Waals surface area (Å²) >= 11 is 1.41. The first-order valence-electron chi connectivity index (χ1n) is 6.70. The number of hydrogen-bond donors (Lipinski definition) is 3. The minimum absolute atomic E-state index is 0.186. The number of anilines is 1. The second-order valence-electron chi connectivity index (χ2n) is 5.33. The highest BCUT2D eigenvalue weighted by atomic mass is 32.1. The number of nitrogens with two attached hydrogens (primary N) is 1. The molecule has 1 aromatic heterocycles. The molecule has 0 aliphatic heterocycles. The number of carbonyl (C=O) groups is 1. The van der Waals surface area contributed by atoms with E-state index in [1.165, 1.54) is 11.3 Å². The lowest BCUT2D eigenvalue weighted by Gasteiger charge is -2.22. The van der Waals surface area contributed by atoms with Gasteiger partial charge in [0.25, 0.3) is 5.91 Å². The number of fused-ring (bicyclic) bond motifs is 1. The van der Waals surface area contributed by atoms with Crippen LogP contribution in [0.4, 0.5) is 5.69 Å². The number of aliphatic hydroxyl groups is 1. The Labute approximate surface area is 127 Å². The normalized spacial score (nSPS) is 14.0. The SMILES string of the molecule is COCCC(C)(O)CNC(=O)c1cc2cc(N)ccc2s1. The van der Waals surface area contributed by atoms with E-state index in [2.05, 4.69) is 5.32 Å². The maximum atomic E-state index is 12.1. The molecule has 0 aliphatic carbocycles. The van der Waals surface area contributed by atoms with Gasteiger partial charge in [-0.2, -0.15) is 0 Å². The van der Waals surface area contributed by atoms with Crippen LogP contribution < -0.4 is 11.1 Å². The van der Waals surface area contributed by atoms with Crippen molar-refractivity contribution in [2.75, 3.05) is 26.0 Å². The lowest BCUT2D eigenvalue weighted by Crippen LogP contribution is -2.41. The standard InChI is InChI=1S/C15H20N2O3S/c1-15(19,5-6-20-2)9-17-14(18)13-8-10-7-11(16)3-4-12(10)21-13/h3-4,7-8,19H,5-6,9,16H2,1-2H3,(H,17,18). The number of benzene rings is 1. The Kier molecular flexibility index (Phi) is 4.82. The summed E-state index contributed by atoms with van der Waals surface area (Å²) in [6.07, 6.45) is 0.465. The Morgan fingerprint density at radius 3 is 2.95 bits per heavy atom. The van der Waals surface area contributed by atoms with Crippen molar-refractivity contribution in [1.82, 2.24) is 5.32 Å². The van der Waals surface area contributed by atoms with Crippen LogP contribution in [-0.2, 0) is 4.74 Å². The van der Waals surface area contributed by atoms with Crippen molar-refractivity contribution in [1.29, 1.82) is 0 Å². The van der Waals surface area contributed by atoms with Gasteiger partial charge in [-0.05, 0) is 36.6 Å². The molecule has 1 aromatic carbocycles. The van der Waals surface area contributed by atoms with Gasteiger partial charge in [0.1, 0.15) is 0 Å². The van der Waals surface area contributed by atoms with Gasteiger partial charge in [0.05, 0.1) is 10.5 Å². The Morgan fingerprint density at radius 1 is 1.48 bits per heavy atom. The average molecular weight is 308 g/mol. The number of carbonyl (C=O) groups excluding carboxylic acids is 1. The maximum Gasteiger partial charge on any atom is 0.261 e. The fraction of sp³-hybridized carbons (Fsp3) is 0.400. The van der Waals surface area contributed by atoms with E-state index < -0.39 is 5.60 Å². The largest absolute Gasteiger partial charge is 0.399 e. The van der Waals surface area contributed by atoms with E-state index in [1.54, 1.807) is 14.0 Å². The predicted octanol–water partition coefficient (Wildman–Crippen LogP) is 2.00. The third-order valence-electron chi connectivity index (χ3n) is 3.24. The van der Waals surface area contributed by atoms with Gasteiger partial charge in [0.2, 0.25) is 0 Å². The molecule has 4 N–H and O–H groups in total. The van der Waals surface area contributed by atoms with E-state index in [0.29, 0.717) is 23.6 Å². The Morgan fingerprint density at radius 2 is 2.24 bits per heavy atom. The summed E-state index contributed by atoms with van der Waals surface area (Å²) in [7, 11) is 1.58.